The molecule has 0 spiro atoms. The highest BCUT2D eigenvalue weighted by atomic mass is 16.5. The summed E-state index contributed by atoms with van der Waals surface area (Å²) in [5.74, 6) is 0.270. The smallest absolute Gasteiger partial charge is 0.238 e. The topological polar surface area (TPSA) is 41.6 Å². The number of carbonyl (C=O) groups is 1. The van der Waals surface area contributed by atoms with E-state index in [-0.39, 0.29) is 17.7 Å². The van der Waals surface area contributed by atoms with Crippen molar-refractivity contribution in [1.82, 2.24) is 10.2 Å². The summed E-state index contributed by atoms with van der Waals surface area (Å²) in [6.45, 7) is 7.86. The maximum Gasteiger partial charge on any atom is 0.238 e. The summed E-state index contributed by atoms with van der Waals surface area (Å²) in [6.07, 6.45) is 6.45. The van der Waals surface area contributed by atoms with Gasteiger partial charge in [0.25, 0.3) is 0 Å². The minimum Gasteiger partial charge on any atom is -0.375 e. The van der Waals surface area contributed by atoms with Crippen LogP contribution in [0.25, 0.3) is 0 Å². The molecule has 2 atom stereocenters. The molecule has 19 heavy (non-hydrogen) atoms. The lowest BCUT2D eigenvalue weighted by Crippen LogP contribution is -2.52. The molecule has 2 rings (SSSR count). The molecule has 2 unspecified atom stereocenters. The lowest BCUT2D eigenvalue weighted by atomic mass is 9.85. The van der Waals surface area contributed by atoms with Crippen LogP contribution in [-0.4, -0.2) is 41.8 Å². The highest BCUT2D eigenvalue weighted by Crippen LogP contribution is 2.35. The van der Waals surface area contributed by atoms with Gasteiger partial charge in [-0.25, -0.2) is 0 Å². The average Bonchev–Trinajstić information content (AvgIpc) is 2.80. The van der Waals surface area contributed by atoms with E-state index in [2.05, 4.69) is 31.0 Å². The molecular formula is C15H28N2O2. The Balaban J connectivity index is 2.09. The molecule has 0 aromatic heterocycles. The standard InChI is InChI=1S/C15H28N2O2/c1-4-7-13-16-11-14(18)17(13)12-8-9-19-15(5-2,6-3)10-12/h12-13,16H,4-11H2,1-3H3. The fraction of sp³-hybridized carbons (Fsp3) is 0.933. The molecule has 0 aliphatic carbocycles. The van der Waals surface area contributed by atoms with Crippen LogP contribution in [0.5, 0.6) is 0 Å². The van der Waals surface area contributed by atoms with Gasteiger partial charge in [-0.15, -0.1) is 0 Å². The van der Waals surface area contributed by atoms with E-state index in [0.717, 1.165) is 45.1 Å². The Bertz CT molecular complexity index is 315. The molecular weight excluding hydrogens is 240 g/mol. The number of rotatable bonds is 5. The highest BCUT2D eigenvalue weighted by Gasteiger charge is 2.42. The number of hydrogen-bond donors (Lipinski definition) is 1. The summed E-state index contributed by atoms with van der Waals surface area (Å²) in [5.41, 5.74) is -0.0114. The number of amides is 1. The molecule has 0 aromatic carbocycles. The van der Waals surface area contributed by atoms with Gasteiger partial charge in [-0.3, -0.25) is 10.1 Å². The van der Waals surface area contributed by atoms with Crippen LogP contribution in [0.1, 0.15) is 59.3 Å². The first-order valence-corrected chi connectivity index (χ1v) is 7.84. The van der Waals surface area contributed by atoms with Gasteiger partial charge in [-0.05, 0) is 32.1 Å². The maximum absolute atomic E-state index is 12.2. The third-order valence-corrected chi connectivity index (χ3v) is 4.82. The molecule has 0 aromatic rings. The summed E-state index contributed by atoms with van der Waals surface area (Å²) >= 11 is 0. The first-order chi connectivity index (χ1) is 9.15. The van der Waals surface area contributed by atoms with Crippen LogP contribution >= 0.6 is 0 Å². The highest BCUT2D eigenvalue weighted by molar-refractivity contribution is 5.81. The van der Waals surface area contributed by atoms with Crippen molar-refractivity contribution in [3.8, 4) is 0 Å². The third-order valence-electron chi connectivity index (χ3n) is 4.82. The second kappa shape index (κ2) is 6.23. The van der Waals surface area contributed by atoms with Crippen molar-refractivity contribution in [3.05, 3.63) is 0 Å². The van der Waals surface area contributed by atoms with Gasteiger partial charge in [-0.1, -0.05) is 27.2 Å². The van der Waals surface area contributed by atoms with E-state index in [9.17, 15) is 4.79 Å². The minimum absolute atomic E-state index is 0.0114. The Morgan fingerprint density at radius 1 is 1.37 bits per heavy atom. The lowest BCUT2D eigenvalue weighted by Gasteiger charge is -2.44. The molecule has 4 heteroatoms. The van der Waals surface area contributed by atoms with Gasteiger partial charge in [-0.2, -0.15) is 0 Å². The minimum atomic E-state index is -0.0114. The van der Waals surface area contributed by atoms with Gasteiger partial charge in [0, 0.05) is 12.6 Å². The number of nitrogens with one attached hydrogen (secondary N) is 1. The molecule has 0 saturated carbocycles. The van der Waals surface area contributed by atoms with Gasteiger partial charge in [0.1, 0.15) is 0 Å². The van der Waals surface area contributed by atoms with E-state index in [1.54, 1.807) is 0 Å². The summed E-state index contributed by atoms with van der Waals surface area (Å²) < 4.78 is 6.03. The van der Waals surface area contributed by atoms with Crippen LogP contribution in [0.2, 0.25) is 0 Å². The predicted molar refractivity (Wildman–Crippen MR) is 75.8 cm³/mol. The Morgan fingerprint density at radius 3 is 2.74 bits per heavy atom. The van der Waals surface area contributed by atoms with E-state index in [0.29, 0.717) is 12.6 Å². The average molecular weight is 268 g/mol. The van der Waals surface area contributed by atoms with Gasteiger partial charge in [0.05, 0.1) is 18.3 Å². The SMILES string of the molecule is CCCC1NCC(=O)N1C1CCOC(CC)(CC)C1. The molecule has 4 nitrogen and oxygen atoms in total. The van der Waals surface area contributed by atoms with Crippen molar-refractivity contribution < 1.29 is 9.53 Å². The van der Waals surface area contributed by atoms with Crippen molar-refractivity contribution in [1.29, 1.82) is 0 Å². The zero-order valence-electron chi connectivity index (χ0n) is 12.6. The predicted octanol–water partition coefficient (Wildman–Crippen LogP) is 2.28. The Morgan fingerprint density at radius 2 is 2.11 bits per heavy atom. The Kier molecular flexibility index (Phi) is 4.85. The Hall–Kier alpha value is -0.610. The molecule has 1 N–H and O–H groups in total. The lowest BCUT2D eigenvalue weighted by molar-refractivity contribution is -0.142. The molecule has 1 amide bonds. The summed E-state index contributed by atoms with van der Waals surface area (Å²) in [7, 11) is 0. The maximum atomic E-state index is 12.2. The quantitative estimate of drug-likeness (QED) is 0.831. The molecule has 0 bridgehead atoms. The van der Waals surface area contributed by atoms with Gasteiger partial charge >= 0.3 is 0 Å². The van der Waals surface area contributed by atoms with E-state index in [4.69, 9.17) is 4.74 Å². The molecule has 2 fully saturated rings. The molecule has 2 aliphatic heterocycles. The molecule has 2 heterocycles. The second-order valence-corrected chi connectivity index (χ2v) is 5.87. The van der Waals surface area contributed by atoms with E-state index < -0.39 is 0 Å². The number of ether oxygens (including phenoxy) is 1. The van der Waals surface area contributed by atoms with Crippen LogP contribution in [-0.2, 0) is 9.53 Å². The second-order valence-electron chi connectivity index (χ2n) is 5.87. The third kappa shape index (κ3) is 2.95. The zero-order valence-corrected chi connectivity index (χ0v) is 12.6. The molecule has 2 saturated heterocycles. The van der Waals surface area contributed by atoms with E-state index >= 15 is 0 Å². The van der Waals surface area contributed by atoms with Crippen LogP contribution in [0.15, 0.2) is 0 Å². The van der Waals surface area contributed by atoms with Gasteiger partial charge < -0.3 is 9.64 Å². The van der Waals surface area contributed by atoms with Crippen LogP contribution in [0, 0.1) is 0 Å². The monoisotopic (exact) mass is 268 g/mol. The van der Waals surface area contributed by atoms with Crippen molar-refractivity contribution in [2.24, 2.45) is 0 Å². The molecule has 2 aliphatic rings. The fourth-order valence-electron chi connectivity index (χ4n) is 3.52. The van der Waals surface area contributed by atoms with E-state index in [1.165, 1.54) is 0 Å². The zero-order chi connectivity index (χ0) is 13.9. The van der Waals surface area contributed by atoms with Crippen molar-refractivity contribution in [2.45, 2.75) is 77.1 Å². The van der Waals surface area contributed by atoms with Crippen LogP contribution < -0.4 is 5.32 Å². The first-order valence-electron chi connectivity index (χ1n) is 7.84. The van der Waals surface area contributed by atoms with Crippen molar-refractivity contribution in [2.75, 3.05) is 13.2 Å². The largest absolute Gasteiger partial charge is 0.375 e. The van der Waals surface area contributed by atoms with Crippen LogP contribution in [0.3, 0.4) is 0 Å². The number of nitrogens with zero attached hydrogens (tertiary/aromatic N) is 1. The van der Waals surface area contributed by atoms with Crippen molar-refractivity contribution >= 4 is 5.91 Å². The first kappa shape index (κ1) is 14.8. The summed E-state index contributed by atoms with van der Waals surface area (Å²) in [5, 5.41) is 3.35. The summed E-state index contributed by atoms with van der Waals surface area (Å²) in [6, 6.07) is 0.354. The van der Waals surface area contributed by atoms with Gasteiger partial charge in [0.15, 0.2) is 0 Å². The molecule has 0 radical (unpaired) electrons. The number of hydrogen-bond acceptors (Lipinski definition) is 3. The summed E-state index contributed by atoms with van der Waals surface area (Å²) in [4.78, 5) is 14.3. The van der Waals surface area contributed by atoms with Crippen molar-refractivity contribution in [3.63, 3.8) is 0 Å². The molecule has 110 valence electrons. The van der Waals surface area contributed by atoms with Crippen LogP contribution in [0.4, 0.5) is 0 Å². The normalized spacial score (nSPS) is 30.9. The van der Waals surface area contributed by atoms with E-state index in [1.807, 2.05) is 0 Å². The number of carbonyl (C=O) groups excluding carboxylic acids is 1. The Labute approximate surface area is 116 Å². The fourth-order valence-corrected chi connectivity index (χ4v) is 3.52. The van der Waals surface area contributed by atoms with Gasteiger partial charge in [0.2, 0.25) is 5.91 Å².